The number of likely N-dealkylation sites (tertiary alicyclic amines) is 1. The van der Waals surface area contributed by atoms with Crippen molar-refractivity contribution in [1.29, 1.82) is 0 Å². The minimum absolute atomic E-state index is 0.0275. The molecule has 4 rings (SSSR count). The lowest BCUT2D eigenvalue weighted by Crippen LogP contribution is -2.71. The van der Waals surface area contributed by atoms with Crippen LogP contribution in [-0.2, 0) is 4.74 Å². The maximum Gasteiger partial charge on any atom is 0.410 e. The molecule has 0 spiro atoms. The molecule has 0 radical (unpaired) electrons. The maximum atomic E-state index is 12.0. The van der Waals surface area contributed by atoms with Gasteiger partial charge in [0.2, 0.25) is 0 Å². The van der Waals surface area contributed by atoms with Crippen molar-refractivity contribution in [2.45, 2.75) is 64.0 Å². The summed E-state index contributed by atoms with van der Waals surface area (Å²) < 4.78 is 5.43. The second-order valence-electron chi connectivity index (χ2n) is 7.88. The van der Waals surface area contributed by atoms with E-state index >= 15 is 0 Å². The summed E-state index contributed by atoms with van der Waals surface area (Å²) in [4.78, 5) is 13.9. The topological polar surface area (TPSA) is 55.6 Å². The van der Waals surface area contributed by atoms with Crippen LogP contribution < -0.4 is 5.73 Å². The molecule has 4 nitrogen and oxygen atoms in total. The lowest BCUT2D eigenvalue weighted by Gasteiger charge is -2.70. The van der Waals surface area contributed by atoms with Gasteiger partial charge in [0.05, 0.1) is 0 Å². The molecule has 1 amide bonds. The molecular formula is C15H26N2O2. The summed E-state index contributed by atoms with van der Waals surface area (Å²) in [6.45, 7) is 7.22. The van der Waals surface area contributed by atoms with Crippen molar-refractivity contribution >= 4 is 6.09 Å². The second kappa shape index (κ2) is 3.87. The van der Waals surface area contributed by atoms with Gasteiger partial charge in [-0.2, -0.15) is 0 Å². The maximum absolute atomic E-state index is 12.0. The largest absolute Gasteiger partial charge is 0.444 e. The molecule has 4 aliphatic rings. The third-order valence-electron chi connectivity index (χ3n) is 5.40. The van der Waals surface area contributed by atoms with Gasteiger partial charge >= 0.3 is 6.09 Å². The van der Waals surface area contributed by atoms with Crippen molar-refractivity contribution in [2.24, 2.45) is 17.1 Å². The van der Waals surface area contributed by atoms with Crippen LogP contribution in [0.3, 0.4) is 0 Å². The molecule has 1 saturated heterocycles. The molecule has 2 N–H and O–H groups in total. The third kappa shape index (κ3) is 2.04. The van der Waals surface area contributed by atoms with Crippen molar-refractivity contribution in [3.05, 3.63) is 0 Å². The average molecular weight is 266 g/mol. The highest BCUT2D eigenvalue weighted by Gasteiger charge is 2.65. The van der Waals surface area contributed by atoms with Gasteiger partial charge in [0.15, 0.2) is 0 Å². The van der Waals surface area contributed by atoms with Gasteiger partial charge in [-0.15, -0.1) is 0 Å². The Balaban J connectivity index is 1.56. The second-order valence-corrected chi connectivity index (χ2v) is 7.88. The summed E-state index contributed by atoms with van der Waals surface area (Å²) in [5.74, 6) is 0.962. The van der Waals surface area contributed by atoms with E-state index in [0.717, 1.165) is 31.8 Å². The van der Waals surface area contributed by atoms with Gasteiger partial charge in [-0.1, -0.05) is 0 Å². The van der Waals surface area contributed by atoms with E-state index in [0.29, 0.717) is 5.41 Å². The van der Waals surface area contributed by atoms with Crippen molar-refractivity contribution in [2.75, 3.05) is 13.1 Å². The Morgan fingerprint density at radius 2 is 1.74 bits per heavy atom. The summed E-state index contributed by atoms with van der Waals surface area (Å²) in [5, 5.41) is 0. The fraction of sp³-hybridized carbons (Fsp3) is 0.933. The summed E-state index contributed by atoms with van der Waals surface area (Å²) in [5.41, 5.74) is 6.63. The Morgan fingerprint density at radius 3 is 2.11 bits per heavy atom. The van der Waals surface area contributed by atoms with Gasteiger partial charge in [0, 0.05) is 18.6 Å². The zero-order chi connectivity index (χ0) is 13.9. The van der Waals surface area contributed by atoms with Crippen LogP contribution in [0.25, 0.3) is 0 Å². The van der Waals surface area contributed by atoms with E-state index in [-0.39, 0.29) is 11.6 Å². The molecule has 0 aromatic rings. The van der Waals surface area contributed by atoms with Crippen molar-refractivity contribution in [3.8, 4) is 0 Å². The Bertz CT molecular complexity index is 374. The smallest absolute Gasteiger partial charge is 0.410 e. The number of hydrogen-bond donors (Lipinski definition) is 1. The lowest BCUT2D eigenvalue weighted by molar-refractivity contribution is -0.174. The standard InChI is InChI=1S/C15H26N2O2/c1-13(2,3)19-12(18)17-6-4-15(16,5-7-17)14-8-11(9-14)10-14/h11H,4-10,16H2,1-3H3. The first kappa shape index (κ1) is 13.2. The number of carbonyl (C=O) groups excluding carboxylic acids is 1. The van der Waals surface area contributed by atoms with Gasteiger partial charge < -0.3 is 15.4 Å². The summed E-state index contributed by atoms with van der Waals surface area (Å²) in [7, 11) is 0. The van der Waals surface area contributed by atoms with Crippen molar-refractivity contribution in [1.82, 2.24) is 4.90 Å². The molecule has 19 heavy (non-hydrogen) atoms. The fourth-order valence-electron chi connectivity index (χ4n) is 4.03. The third-order valence-corrected chi connectivity index (χ3v) is 5.40. The van der Waals surface area contributed by atoms with E-state index < -0.39 is 5.60 Å². The van der Waals surface area contributed by atoms with E-state index in [9.17, 15) is 4.79 Å². The van der Waals surface area contributed by atoms with Gasteiger partial charge in [-0.3, -0.25) is 0 Å². The van der Waals surface area contributed by atoms with Crippen molar-refractivity contribution in [3.63, 3.8) is 0 Å². The first-order valence-electron chi connectivity index (χ1n) is 7.50. The van der Waals surface area contributed by atoms with Gasteiger partial charge in [0.25, 0.3) is 0 Å². The summed E-state index contributed by atoms with van der Waals surface area (Å²) in [6.07, 6.45) is 5.66. The Morgan fingerprint density at radius 1 is 1.21 bits per heavy atom. The minimum atomic E-state index is -0.414. The minimum Gasteiger partial charge on any atom is -0.444 e. The number of amides is 1. The molecule has 3 aliphatic carbocycles. The highest BCUT2D eigenvalue weighted by atomic mass is 16.6. The summed E-state index contributed by atoms with van der Waals surface area (Å²) in [6, 6.07) is 0. The molecule has 1 heterocycles. The molecule has 0 aromatic heterocycles. The van der Waals surface area contributed by atoms with Crippen LogP contribution in [0.4, 0.5) is 4.79 Å². The van der Waals surface area contributed by atoms with Crippen LogP contribution >= 0.6 is 0 Å². The number of carbonyl (C=O) groups is 1. The van der Waals surface area contributed by atoms with Gasteiger partial charge in [-0.25, -0.2) is 4.79 Å². The molecule has 0 aromatic carbocycles. The van der Waals surface area contributed by atoms with E-state index in [4.69, 9.17) is 10.5 Å². The summed E-state index contributed by atoms with van der Waals surface area (Å²) >= 11 is 0. The predicted molar refractivity (Wildman–Crippen MR) is 73.7 cm³/mol. The molecule has 0 unspecified atom stereocenters. The number of ether oxygens (including phenoxy) is 1. The number of rotatable bonds is 1. The van der Waals surface area contributed by atoms with Crippen LogP contribution in [0.15, 0.2) is 0 Å². The highest BCUT2D eigenvalue weighted by molar-refractivity contribution is 5.68. The van der Waals surface area contributed by atoms with Crippen LogP contribution in [0.2, 0.25) is 0 Å². The van der Waals surface area contributed by atoms with E-state index in [1.165, 1.54) is 19.3 Å². The van der Waals surface area contributed by atoms with Crippen LogP contribution in [0.1, 0.15) is 52.9 Å². The molecule has 4 fully saturated rings. The number of nitrogens with two attached hydrogens (primary N) is 1. The number of piperidine rings is 1. The van der Waals surface area contributed by atoms with E-state index in [1.54, 1.807) is 0 Å². The average Bonchev–Trinajstić information content (AvgIpc) is 2.09. The zero-order valence-electron chi connectivity index (χ0n) is 12.4. The van der Waals surface area contributed by atoms with E-state index in [1.807, 2.05) is 25.7 Å². The quantitative estimate of drug-likeness (QED) is 0.793. The Kier molecular flexibility index (Phi) is 2.70. The Hall–Kier alpha value is -0.770. The zero-order valence-corrected chi connectivity index (χ0v) is 12.4. The molecule has 1 aliphatic heterocycles. The van der Waals surface area contributed by atoms with E-state index in [2.05, 4.69) is 0 Å². The molecule has 3 saturated carbocycles. The number of nitrogens with zero attached hydrogens (tertiary/aromatic N) is 1. The van der Waals surface area contributed by atoms with Crippen LogP contribution in [0.5, 0.6) is 0 Å². The molecule has 0 atom stereocenters. The monoisotopic (exact) mass is 266 g/mol. The molecule has 2 bridgehead atoms. The molecule has 4 heteroatoms. The predicted octanol–water partition coefficient (Wildman–Crippen LogP) is 2.51. The SMILES string of the molecule is CC(C)(C)OC(=O)N1CCC(N)(C23CC(C2)C3)CC1. The highest BCUT2D eigenvalue weighted by Crippen LogP contribution is 2.70. The van der Waals surface area contributed by atoms with Gasteiger partial charge in [-0.05, 0) is 64.2 Å². The fourth-order valence-corrected chi connectivity index (χ4v) is 4.03. The number of hydrogen-bond acceptors (Lipinski definition) is 3. The first-order valence-corrected chi connectivity index (χ1v) is 7.50. The van der Waals surface area contributed by atoms with Gasteiger partial charge in [0.1, 0.15) is 5.60 Å². The van der Waals surface area contributed by atoms with Crippen molar-refractivity contribution < 1.29 is 9.53 Å². The normalized spacial score (nSPS) is 36.2. The van der Waals surface area contributed by atoms with Crippen LogP contribution in [-0.4, -0.2) is 35.2 Å². The first-order chi connectivity index (χ1) is 8.73. The lowest BCUT2D eigenvalue weighted by atomic mass is 9.37. The Labute approximate surface area is 115 Å². The molecular weight excluding hydrogens is 240 g/mol. The van der Waals surface area contributed by atoms with Crippen LogP contribution in [0, 0.1) is 11.3 Å². The molecule has 108 valence electrons.